The summed E-state index contributed by atoms with van der Waals surface area (Å²) in [5.41, 5.74) is 3.36. The maximum Gasteiger partial charge on any atom is 0.338 e. The van der Waals surface area contributed by atoms with Crippen molar-refractivity contribution in [2.75, 3.05) is 11.9 Å². The number of hydrogen-bond acceptors (Lipinski definition) is 7. The summed E-state index contributed by atoms with van der Waals surface area (Å²) >= 11 is 7.65. The fourth-order valence-electron chi connectivity index (χ4n) is 4.33. The molecule has 0 bridgehead atoms. The maximum absolute atomic E-state index is 14.2. The minimum absolute atomic E-state index is 0.0129. The molecule has 0 spiro atoms. The van der Waals surface area contributed by atoms with Gasteiger partial charge in [0.15, 0.2) is 0 Å². The molecular formula is C30H28ClFN4O3S. The van der Waals surface area contributed by atoms with Gasteiger partial charge in [0, 0.05) is 17.0 Å². The van der Waals surface area contributed by atoms with Gasteiger partial charge in [-0.3, -0.25) is 0 Å². The number of aromatic nitrogens is 3. The first-order valence-electron chi connectivity index (χ1n) is 12.9. The van der Waals surface area contributed by atoms with Crippen LogP contribution >= 0.6 is 23.4 Å². The van der Waals surface area contributed by atoms with E-state index in [0.29, 0.717) is 57.5 Å². The van der Waals surface area contributed by atoms with Crippen LogP contribution in [0.25, 0.3) is 0 Å². The fraction of sp³-hybridized carbons (Fsp3) is 0.233. The molecule has 0 fully saturated rings. The third-order valence-electron chi connectivity index (χ3n) is 6.34. The van der Waals surface area contributed by atoms with Crippen LogP contribution in [-0.2, 0) is 21.9 Å². The van der Waals surface area contributed by atoms with E-state index < -0.39 is 17.8 Å². The van der Waals surface area contributed by atoms with Gasteiger partial charge in [-0.25, -0.2) is 13.9 Å². The molecule has 1 aromatic heterocycles. The van der Waals surface area contributed by atoms with Crippen LogP contribution in [-0.4, -0.2) is 27.3 Å². The highest BCUT2D eigenvalue weighted by atomic mass is 35.5. The van der Waals surface area contributed by atoms with Crippen LogP contribution < -0.4 is 10.1 Å². The van der Waals surface area contributed by atoms with Crippen LogP contribution in [0.15, 0.2) is 89.2 Å². The van der Waals surface area contributed by atoms with Crippen molar-refractivity contribution in [2.45, 2.75) is 43.8 Å². The number of allylic oxidation sites excluding steroid dienone is 1. The van der Waals surface area contributed by atoms with Crippen molar-refractivity contribution in [3.05, 3.63) is 112 Å². The first-order chi connectivity index (χ1) is 19.4. The van der Waals surface area contributed by atoms with Gasteiger partial charge in [0.25, 0.3) is 0 Å². The summed E-state index contributed by atoms with van der Waals surface area (Å²) in [5.74, 6) is 0.955. The molecule has 4 aromatic rings. The second-order valence-corrected chi connectivity index (χ2v) is 10.5. The van der Waals surface area contributed by atoms with E-state index in [0.717, 1.165) is 11.1 Å². The van der Waals surface area contributed by atoms with Crippen molar-refractivity contribution in [3.8, 4) is 5.75 Å². The summed E-state index contributed by atoms with van der Waals surface area (Å²) < 4.78 is 27.2. The van der Waals surface area contributed by atoms with E-state index in [2.05, 4.69) is 22.4 Å². The van der Waals surface area contributed by atoms with Crippen LogP contribution in [0.4, 0.5) is 10.3 Å². The minimum atomic E-state index is -0.561. The Morgan fingerprint density at radius 1 is 1.10 bits per heavy atom. The van der Waals surface area contributed by atoms with Gasteiger partial charge < -0.3 is 14.8 Å². The monoisotopic (exact) mass is 578 g/mol. The number of hydrogen-bond donors (Lipinski definition) is 1. The highest BCUT2D eigenvalue weighted by molar-refractivity contribution is 7.98. The number of ether oxygens (including phenoxy) is 2. The molecule has 1 unspecified atom stereocenters. The summed E-state index contributed by atoms with van der Waals surface area (Å²) in [6.45, 7) is 4.08. The predicted octanol–water partition coefficient (Wildman–Crippen LogP) is 7.18. The molecule has 0 radical (unpaired) electrons. The Morgan fingerprint density at radius 3 is 2.60 bits per heavy atom. The zero-order valence-corrected chi connectivity index (χ0v) is 23.6. The second kappa shape index (κ2) is 12.6. The number of rotatable bonds is 10. The van der Waals surface area contributed by atoms with E-state index >= 15 is 0 Å². The molecule has 0 saturated carbocycles. The van der Waals surface area contributed by atoms with Gasteiger partial charge in [0.1, 0.15) is 24.2 Å². The number of fused-ring (bicyclic) bond motifs is 1. The van der Waals surface area contributed by atoms with Crippen LogP contribution in [0.2, 0.25) is 5.02 Å². The topological polar surface area (TPSA) is 78.3 Å². The molecule has 1 aliphatic heterocycles. The lowest BCUT2D eigenvalue weighted by molar-refractivity contribution is -0.139. The summed E-state index contributed by atoms with van der Waals surface area (Å²) in [7, 11) is 0. The van der Waals surface area contributed by atoms with Crippen molar-refractivity contribution in [2.24, 2.45) is 0 Å². The maximum atomic E-state index is 14.2. The first-order valence-corrected chi connectivity index (χ1v) is 14.2. The Bertz CT molecular complexity index is 1510. The average molecular weight is 579 g/mol. The largest absolute Gasteiger partial charge is 0.489 e. The Kier molecular flexibility index (Phi) is 8.72. The Hall–Kier alpha value is -3.82. The predicted molar refractivity (Wildman–Crippen MR) is 154 cm³/mol. The molecule has 206 valence electrons. The standard InChI is InChI=1S/C30H28ClFN4O3S/c1-3-16-38-28(37)26-19(2)33-29-34-30(40-18-20-8-5-4-6-9-20)35-36(29)27(26)21-12-14-22(15-13-21)39-17-23-24(31)10-7-11-25(23)32/h4-15,27H,3,16-18H2,1-2H3,(H,33,34,35). The number of esters is 1. The lowest BCUT2D eigenvalue weighted by Crippen LogP contribution is -2.29. The van der Waals surface area contributed by atoms with Crippen molar-refractivity contribution in [1.29, 1.82) is 0 Å². The van der Waals surface area contributed by atoms with Crippen molar-refractivity contribution < 1.29 is 18.7 Å². The van der Waals surface area contributed by atoms with Gasteiger partial charge in [-0.2, -0.15) is 4.98 Å². The summed E-state index contributed by atoms with van der Waals surface area (Å²) in [5, 5.41) is 8.89. The number of halogens is 2. The highest BCUT2D eigenvalue weighted by Gasteiger charge is 2.35. The Balaban J connectivity index is 1.42. The number of thioether (sulfide) groups is 1. The van der Waals surface area contributed by atoms with Gasteiger partial charge in [-0.1, -0.05) is 78.8 Å². The van der Waals surface area contributed by atoms with E-state index in [1.165, 1.54) is 17.8 Å². The third-order valence-corrected chi connectivity index (χ3v) is 7.60. The molecule has 1 aliphatic rings. The smallest absolute Gasteiger partial charge is 0.338 e. The van der Waals surface area contributed by atoms with E-state index in [1.807, 2.05) is 44.2 Å². The number of carbonyl (C=O) groups excluding carboxylic acids is 1. The van der Waals surface area contributed by atoms with Gasteiger partial charge >= 0.3 is 5.97 Å². The number of carbonyl (C=O) groups is 1. The first kappa shape index (κ1) is 27.7. The summed E-state index contributed by atoms with van der Waals surface area (Å²) in [4.78, 5) is 17.9. The molecule has 1 atom stereocenters. The van der Waals surface area contributed by atoms with Crippen LogP contribution in [0, 0.1) is 5.82 Å². The van der Waals surface area contributed by atoms with Gasteiger partial charge in [-0.15, -0.1) is 5.10 Å². The van der Waals surface area contributed by atoms with Crippen molar-refractivity contribution in [3.63, 3.8) is 0 Å². The normalized spacial score (nSPS) is 14.4. The highest BCUT2D eigenvalue weighted by Crippen LogP contribution is 2.37. The molecule has 5 rings (SSSR count). The van der Waals surface area contributed by atoms with Crippen LogP contribution in [0.1, 0.15) is 43.0 Å². The fourth-order valence-corrected chi connectivity index (χ4v) is 5.33. The van der Waals surface area contributed by atoms with Gasteiger partial charge in [0.2, 0.25) is 11.1 Å². The molecule has 10 heteroatoms. The Labute approximate surface area is 241 Å². The van der Waals surface area contributed by atoms with Gasteiger partial charge in [0.05, 0.1) is 17.2 Å². The molecule has 3 aromatic carbocycles. The molecule has 0 amide bonds. The molecule has 2 heterocycles. The lowest BCUT2D eigenvalue weighted by Gasteiger charge is -2.28. The molecule has 40 heavy (non-hydrogen) atoms. The van der Waals surface area contributed by atoms with E-state index in [4.69, 9.17) is 26.2 Å². The third kappa shape index (κ3) is 6.16. The van der Waals surface area contributed by atoms with E-state index in [9.17, 15) is 9.18 Å². The van der Waals surface area contributed by atoms with Crippen LogP contribution in [0.5, 0.6) is 5.75 Å². The number of benzene rings is 3. The molecule has 0 aliphatic carbocycles. The lowest BCUT2D eigenvalue weighted by atomic mass is 9.96. The minimum Gasteiger partial charge on any atom is -0.489 e. The molecule has 7 nitrogen and oxygen atoms in total. The van der Waals surface area contributed by atoms with Crippen LogP contribution in [0.3, 0.4) is 0 Å². The zero-order valence-electron chi connectivity index (χ0n) is 22.1. The zero-order chi connectivity index (χ0) is 28.1. The number of anilines is 1. The Morgan fingerprint density at radius 2 is 1.88 bits per heavy atom. The summed E-state index contributed by atoms with van der Waals surface area (Å²) in [6, 6.07) is 21.3. The average Bonchev–Trinajstić information content (AvgIpc) is 3.37. The molecule has 0 saturated heterocycles. The van der Waals surface area contributed by atoms with Crippen molar-refractivity contribution >= 4 is 35.3 Å². The quantitative estimate of drug-likeness (QED) is 0.158. The number of nitrogens with one attached hydrogen (secondary N) is 1. The molecular weight excluding hydrogens is 551 g/mol. The van der Waals surface area contributed by atoms with E-state index in [-0.39, 0.29) is 6.61 Å². The number of nitrogens with zero attached hydrogens (tertiary/aromatic N) is 3. The van der Waals surface area contributed by atoms with E-state index in [1.54, 1.807) is 28.9 Å². The van der Waals surface area contributed by atoms with Crippen molar-refractivity contribution in [1.82, 2.24) is 14.8 Å². The van der Waals surface area contributed by atoms with Gasteiger partial charge in [-0.05, 0) is 48.7 Å². The molecule has 1 N–H and O–H groups in total. The SMILES string of the molecule is CCCOC(=O)C1=C(C)Nc2nc(SCc3ccccc3)nn2C1c1ccc(OCc2c(F)cccc2Cl)cc1. The second-order valence-electron chi connectivity index (χ2n) is 9.20. The summed E-state index contributed by atoms with van der Waals surface area (Å²) in [6.07, 6.45) is 0.711.